The summed E-state index contributed by atoms with van der Waals surface area (Å²) in [6.07, 6.45) is -4.89. The van der Waals surface area contributed by atoms with Gasteiger partial charge >= 0.3 is 6.18 Å². The molecule has 0 radical (unpaired) electrons. The van der Waals surface area contributed by atoms with Gasteiger partial charge in [-0.2, -0.15) is 13.2 Å². The Balaban J connectivity index is 3.49. The number of halogens is 4. The van der Waals surface area contributed by atoms with Gasteiger partial charge in [-0.1, -0.05) is 0 Å². The Morgan fingerprint density at radius 3 is 2.27 bits per heavy atom. The summed E-state index contributed by atoms with van der Waals surface area (Å²) in [6.45, 7) is 0.873. The van der Waals surface area contributed by atoms with Gasteiger partial charge in [-0.05, 0) is 19.1 Å². The summed E-state index contributed by atoms with van der Waals surface area (Å²) >= 11 is 0. The zero-order valence-electron chi connectivity index (χ0n) is 7.52. The van der Waals surface area contributed by atoms with Gasteiger partial charge in [0.05, 0.1) is 11.1 Å². The van der Waals surface area contributed by atoms with Gasteiger partial charge in [0, 0.05) is 0 Å². The smallest absolute Gasteiger partial charge is 0.419 e. The number of ketones is 1. The SMILES string of the molecule is CC(=O)c1c(O)ccc(C(F)(F)F)c1F. The highest BCUT2D eigenvalue weighted by Gasteiger charge is 2.36. The number of phenolic OH excluding ortho intramolecular Hbond substituents is 1. The molecule has 1 rings (SSSR count). The van der Waals surface area contributed by atoms with Crippen molar-refractivity contribution in [1.82, 2.24) is 0 Å². The highest BCUT2D eigenvalue weighted by Crippen LogP contribution is 2.35. The lowest BCUT2D eigenvalue weighted by Crippen LogP contribution is -2.11. The van der Waals surface area contributed by atoms with E-state index in [0.717, 1.165) is 6.92 Å². The van der Waals surface area contributed by atoms with Crippen LogP contribution in [0.5, 0.6) is 5.75 Å². The average Bonchev–Trinajstić information content (AvgIpc) is 2.00. The first kappa shape index (κ1) is 11.5. The van der Waals surface area contributed by atoms with Gasteiger partial charge in [0.25, 0.3) is 0 Å². The summed E-state index contributed by atoms with van der Waals surface area (Å²) < 4.78 is 49.8. The van der Waals surface area contributed by atoms with Gasteiger partial charge in [0.1, 0.15) is 11.6 Å². The molecule has 15 heavy (non-hydrogen) atoms. The van der Waals surface area contributed by atoms with Gasteiger partial charge < -0.3 is 5.11 Å². The summed E-state index contributed by atoms with van der Waals surface area (Å²) in [5, 5.41) is 9.02. The number of carbonyl (C=O) groups is 1. The quantitative estimate of drug-likeness (QED) is 0.586. The Labute approximate surface area is 82.1 Å². The van der Waals surface area contributed by atoms with E-state index >= 15 is 0 Å². The van der Waals surface area contributed by atoms with Crippen LogP contribution in [0.25, 0.3) is 0 Å². The number of alkyl halides is 3. The normalized spacial score (nSPS) is 11.5. The number of benzene rings is 1. The molecule has 0 saturated heterocycles. The monoisotopic (exact) mass is 222 g/mol. The molecule has 0 saturated carbocycles. The van der Waals surface area contributed by atoms with Crippen LogP contribution in [0.1, 0.15) is 22.8 Å². The number of aromatic hydroxyl groups is 1. The van der Waals surface area contributed by atoms with E-state index in [1.807, 2.05) is 0 Å². The van der Waals surface area contributed by atoms with Crippen LogP contribution >= 0.6 is 0 Å². The van der Waals surface area contributed by atoms with Crippen LogP contribution in [0.15, 0.2) is 12.1 Å². The fourth-order valence-corrected chi connectivity index (χ4v) is 1.12. The molecule has 0 spiro atoms. The first-order valence-electron chi connectivity index (χ1n) is 3.84. The summed E-state index contributed by atoms with van der Waals surface area (Å²) in [5.41, 5.74) is -2.50. The molecule has 0 aliphatic heterocycles. The Morgan fingerprint density at radius 2 is 1.87 bits per heavy atom. The number of Topliss-reactive ketones (excluding diaryl/α,β-unsaturated/α-hetero) is 1. The average molecular weight is 222 g/mol. The summed E-state index contributed by atoms with van der Waals surface area (Å²) in [7, 11) is 0. The van der Waals surface area contributed by atoms with Crippen LogP contribution in [0.2, 0.25) is 0 Å². The minimum Gasteiger partial charge on any atom is -0.507 e. The minimum atomic E-state index is -4.89. The van der Waals surface area contributed by atoms with E-state index in [9.17, 15) is 22.4 Å². The molecule has 0 atom stereocenters. The van der Waals surface area contributed by atoms with Crippen molar-refractivity contribution < 1.29 is 27.5 Å². The second-order valence-electron chi connectivity index (χ2n) is 2.88. The van der Waals surface area contributed by atoms with Crippen molar-refractivity contribution in [3.63, 3.8) is 0 Å². The van der Waals surface area contributed by atoms with E-state index in [1.165, 1.54) is 0 Å². The van der Waals surface area contributed by atoms with E-state index in [0.29, 0.717) is 12.1 Å². The van der Waals surface area contributed by atoms with E-state index in [-0.39, 0.29) is 0 Å². The van der Waals surface area contributed by atoms with Crippen LogP contribution in [0.3, 0.4) is 0 Å². The molecule has 0 aliphatic carbocycles. The third-order valence-electron chi connectivity index (χ3n) is 1.78. The molecule has 0 heterocycles. The van der Waals surface area contributed by atoms with E-state index in [1.54, 1.807) is 0 Å². The van der Waals surface area contributed by atoms with Gasteiger partial charge in [0.15, 0.2) is 5.78 Å². The number of phenols is 1. The highest BCUT2D eigenvalue weighted by atomic mass is 19.4. The predicted molar refractivity (Wildman–Crippen MR) is 43.1 cm³/mol. The predicted octanol–water partition coefficient (Wildman–Crippen LogP) is 2.75. The van der Waals surface area contributed by atoms with Crippen molar-refractivity contribution >= 4 is 5.78 Å². The molecule has 0 bridgehead atoms. The van der Waals surface area contributed by atoms with E-state index in [2.05, 4.69) is 0 Å². The number of hydrogen-bond acceptors (Lipinski definition) is 2. The standard InChI is InChI=1S/C9H6F4O2/c1-4(14)7-6(15)3-2-5(8(7)10)9(11,12)13/h2-3,15H,1H3. The largest absolute Gasteiger partial charge is 0.507 e. The maximum atomic E-state index is 13.2. The molecule has 82 valence electrons. The molecule has 1 aromatic rings. The second kappa shape index (κ2) is 3.52. The molecule has 2 nitrogen and oxygen atoms in total. The maximum Gasteiger partial charge on any atom is 0.419 e. The van der Waals surface area contributed by atoms with E-state index in [4.69, 9.17) is 5.11 Å². The number of carbonyl (C=O) groups excluding carboxylic acids is 1. The van der Waals surface area contributed by atoms with Crippen LogP contribution in [-0.2, 0) is 6.18 Å². The molecule has 0 aromatic heterocycles. The number of rotatable bonds is 1. The lowest BCUT2D eigenvalue weighted by molar-refractivity contribution is -0.140. The van der Waals surface area contributed by atoms with Crippen molar-refractivity contribution in [2.24, 2.45) is 0 Å². The summed E-state index contributed by atoms with van der Waals surface area (Å²) in [6, 6.07) is 1.03. The summed E-state index contributed by atoms with van der Waals surface area (Å²) in [5.74, 6) is -3.50. The van der Waals surface area contributed by atoms with Crippen molar-refractivity contribution in [2.75, 3.05) is 0 Å². The Bertz CT molecular complexity index is 409. The van der Waals surface area contributed by atoms with Crippen LogP contribution in [0.4, 0.5) is 17.6 Å². The Kier molecular flexibility index (Phi) is 2.70. The Hall–Kier alpha value is -1.59. The van der Waals surface area contributed by atoms with Crippen LogP contribution < -0.4 is 0 Å². The number of hydrogen-bond donors (Lipinski definition) is 1. The second-order valence-corrected chi connectivity index (χ2v) is 2.88. The molecular weight excluding hydrogens is 216 g/mol. The molecular formula is C9H6F4O2. The third-order valence-corrected chi connectivity index (χ3v) is 1.78. The molecule has 1 aromatic carbocycles. The highest BCUT2D eigenvalue weighted by molar-refractivity contribution is 5.97. The van der Waals surface area contributed by atoms with Crippen molar-refractivity contribution in [3.05, 3.63) is 29.1 Å². The van der Waals surface area contributed by atoms with E-state index < -0.39 is 34.7 Å². The van der Waals surface area contributed by atoms with Crippen molar-refractivity contribution in [2.45, 2.75) is 13.1 Å². The van der Waals surface area contributed by atoms with Gasteiger partial charge in [-0.15, -0.1) is 0 Å². The zero-order chi connectivity index (χ0) is 11.8. The molecule has 0 unspecified atom stereocenters. The molecule has 0 aliphatic rings. The zero-order valence-corrected chi connectivity index (χ0v) is 7.52. The molecule has 1 N–H and O–H groups in total. The van der Waals surface area contributed by atoms with Crippen molar-refractivity contribution in [3.8, 4) is 5.75 Å². The van der Waals surface area contributed by atoms with Crippen molar-refractivity contribution in [1.29, 1.82) is 0 Å². The first-order chi connectivity index (χ1) is 6.75. The Morgan fingerprint density at radius 1 is 1.33 bits per heavy atom. The topological polar surface area (TPSA) is 37.3 Å². The fourth-order valence-electron chi connectivity index (χ4n) is 1.12. The van der Waals surface area contributed by atoms with Crippen LogP contribution in [0, 0.1) is 5.82 Å². The van der Waals surface area contributed by atoms with Gasteiger partial charge in [-0.3, -0.25) is 4.79 Å². The van der Waals surface area contributed by atoms with Crippen LogP contribution in [-0.4, -0.2) is 10.9 Å². The maximum absolute atomic E-state index is 13.2. The lowest BCUT2D eigenvalue weighted by atomic mass is 10.1. The first-order valence-corrected chi connectivity index (χ1v) is 3.84. The fraction of sp³-hybridized carbons (Fsp3) is 0.222. The molecule has 0 amide bonds. The minimum absolute atomic E-state index is 0.386. The molecule has 6 heteroatoms. The molecule has 0 fully saturated rings. The van der Waals surface area contributed by atoms with Gasteiger partial charge in [-0.25, -0.2) is 4.39 Å². The lowest BCUT2D eigenvalue weighted by Gasteiger charge is -2.10. The third kappa shape index (κ3) is 2.08. The van der Waals surface area contributed by atoms with Gasteiger partial charge in [0.2, 0.25) is 0 Å². The summed E-state index contributed by atoms with van der Waals surface area (Å²) in [4.78, 5) is 10.8.